The smallest absolute Gasteiger partial charge is 0.119 e. The van der Waals surface area contributed by atoms with E-state index in [2.05, 4.69) is 17.2 Å². The summed E-state index contributed by atoms with van der Waals surface area (Å²) in [6.07, 6.45) is 3.27. The molecule has 0 radical (unpaired) electrons. The number of rotatable bonds is 4. The number of nitrogens with one attached hydrogen (secondary N) is 1. The van der Waals surface area contributed by atoms with Crippen LogP contribution in [-0.2, 0) is 0 Å². The van der Waals surface area contributed by atoms with E-state index in [-0.39, 0.29) is 0 Å². The van der Waals surface area contributed by atoms with Crippen molar-refractivity contribution >= 4 is 11.5 Å². The number of anilines is 1. The van der Waals surface area contributed by atoms with Crippen LogP contribution in [0.5, 0.6) is 5.75 Å². The van der Waals surface area contributed by atoms with Gasteiger partial charge in [0.2, 0.25) is 0 Å². The van der Waals surface area contributed by atoms with Crippen molar-refractivity contribution in [3.63, 3.8) is 0 Å². The van der Waals surface area contributed by atoms with Crippen molar-refractivity contribution in [2.75, 3.05) is 18.5 Å². The molecule has 16 heavy (non-hydrogen) atoms. The lowest BCUT2D eigenvalue weighted by atomic mass is 10.3. The Bertz CT molecular complexity index is 357. The van der Waals surface area contributed by atoms with Crippen LogP contribution < -0.4 is 10.1 Å². The quantitative estimate of drug-likeness (QED) is 0.842. The first-order chi connectivity index (χ1) is 7.88. The maximum atomic E-state index is 5.52. The number of aliphatic imine (C=N–C) groups is 1. The van der Waals surface area contributed by atoms with Gasteiger partial charge >= 0.3 is 0 Å². The molecular formula is C13H18N2O. The molecular weight excluding hydrogens is 200 g/mol. The molecule has 0 aromatic heterocycles. The van der Waals surface area contributed by atoms with Crippen LogP contribution >= 0.6 is 0 Å². The Morgan fingerprint density at radius 1 is 1.31 bits per heavy atom. The van der Waals surface area contributed by atoms with Gasteiger partial charge in [0, 0.05) is 18.7 Å². The fourth-order valence-corrected chi connectivity index (χ4v) is 1.66. The van der Waals surface area contributed by atoms with E-state index >= 15 is 0 Å². The van der Waals surface area contributed by atoms with Crippen LogP contribution in [0.1, 0.15) is 26.2 Å². The second-order valence-corrected chi connectivity index (χ2v) is 3.93. The van der Waals surface area contributed by atoms with E-state index in [4.69, 9.17) is 4.74 Å². The van der Waals surface area contributed by atoms with Crippen LogP contribution in [0, 0.1) is 0 Å². The van der Waals surface area contributed by atoms with E-state index in [1.165, 1.54) is 6.42 Å². The number of amidine groups is 1. The number of benzene rings is 1. The zero-order chi connectivity index (χ0) is 11.2. The van der Waals surface area contributed by atoms with Gasteiger partial charge in [0.05, 0.1) is 6.61 Å². The van der Waals surface area contributed by atoms with Gasteiger partial charge in [-0.25, -0.2) is 0 Å². The lowest BCUT2D eigenvalue weighted by Gasteiger charge is -2.07. The summed E-state index contributed by atoms with van der Waals surface area (Å²) < 4.78 is 5.52. The first-order valence-corrected chi connectivity index (χ1v) is 5.91. The predicted octanol–water partition coefficient (Wildman–Crippen LogP) is 3.08. The molecule has 0 unspecified atom stereocenters. The summed E-state index contributed by atoms with van der Waals surface area (Å²) in [6.45, 7) is 3.84. The zero-order valence-electron chi connectivity index (χ0n) is 9.70. The molecule has 1 aromatic carbocycles. The Morgan fingerprint density at radius 3 is 2.75 bits per heavy atom. The molecule has 0 saturated heterocycles. The minimum absolute atomic E-state index is 0.777. The fourth-order valence-electron chi connectivity index (χ4n) is 1.66. The van der Waals surface area contributed by atoms with Crippen LogP contribution in [0.15, 0.2) is 29.3 Å². The maximum Gasteiger partial charge on any atom is 0.119 e. The van der Waals surface area contributed by atoms with E-state index in [1.807, 2.05) is 24.3 Å². The highest BCUT2D eigenvalue weighted by atomic mass is 16.5. The summed E-state index contributed by atoms with van der Waals surface area (Å²) in [4.78, 5) is 4.38. The molecule has 0 aliphatic carbocycles. The molecule has 0 bridgehead atoms. The van der Waals surface area contributed by atoms with E-state index in [0.717, 1.165) is 43.3 Å². The Hall–Kier alpha value is -1.51. The molecule has 0 saturated carbocycles. The normalized spacial score (nSPS) is 14.7. The standard InChI is InChI=1S/C13H18N2O/c1-2-10-16-12-7-5-11(6-8-12)15-13-4-3-9-14-13/h5-8H,2-4,9-10H2,1H3,(H,14,15). The fraction of sp³-hybridized carbons (Fsp3) is 0.462. The van der Waals surface area contributed by atoms with E-state index in [9.17, 15) is 0 Å². The van der Waals surface area contributed by atoms with Gasteiger partial charge in [0.25, 0.3) is 0 Å². The van der Waals surface area contributed by atoms with Gasteiger partial charge in [-0.3, -0.25) is 4.99 Å². The molecule has 1 aliphatic rings. The third-order valence-corrected chi connectivity index (χ3v) is 2.49. The highest BCUT2D eigenvalue weighted by Crippen LogP contribution is 2.17. The van der Waals surface area contributed by atoms with Crippen LogP contribution in [-0.4, -0.2) is 19.0 Å². The van der Waals surface area contributed by atoms with E-state index < -0.39 is 0 Å². The highest BCUT2D eigenvalue weighted by Gasteiger charge is 2.05. The number of hydrogen-bond donors (Lipinski definition) is 1. The van der Waals surface area contributed by atoms with E-state index in [1.54, 1.807) is 0 Å². The molecule has 0 atom stereocenters. The topological polar surface area (TPSA) is 33.6 Å². The van der Waals surface area contributed by atoms with Crippen LogP contribution in [0.3, 0.4) is 0 Å². The van der Waals surface area contributed by atoms with Crippen molar-refractivity contribution in [3.8, 4) is 5.75 Å². The number of hydrogen-bond acceptors (Lipinski definition) is 3. The van der Waals surface area contributed by atoms with Crippen molar-refractivity contribution in [1.82, 2.24) is 0 Å². The largest absolute Gasteiger partial charge is 0.494 e. The molecule has 3 heteroatoms. The highest BCUT2D eigenvalue weighted by molar-refractivity contribution is 5.96. The predicted molar refractivity (Wildman–Crippen MR) is 67.4 cm³/mol. The molecule has 0 amide bonds. The third kappa shape index (κ3) is 2.99. The lowest BCUT2D eigenvalue weighted by Crippen LogP contribution is -2.08. The van der Waals surface area contributed by atoms with Gasteiger partial charge in [-0.15, -0.1) is 0 Å². The molecule has 1 aromatic rings. The molecule has 86 valence electrons. The van der Waals surface area contributed by atoms with Crippen molar-refractivity contribution < 1.29 is 4.74 Å². The second-order valence-electron chi connectivity index (χ2n) is 3.93. The average molecular weight is 218 g/mol. The Labute approximate surface area is 96.5 Å². The average Bonchev–Trinajstić information content (AvgIpc) is 2.81. The lowest BCUT2D eigenvalue weighted by molar-refractivity contribution is 0.317. The first kappa shape index (κ1) is 11.0. The van der Waals surface area contributed by atoms with Crippen molar-refractivity contribution in [2.24, 2.45) is 4.99 Å². The molecule has 0 spiro atoms. The minimum atomic E-state index is 0.777. The zero-order valence-corrected chi connectivity index (χ0v) is 9.70. The molecule has 0 fully saturated rings. The van der Waals surface area contributed by atoms with Gasteiger partial charge in [-0.2, -0.15) is 0 Å². The Balaban J connectivity index is 1.91. The van der Waals surface area contributed by atoms with Crippen molar-refractivity contribution in [1.29, 1.82) is 0 Å². The number of nitrogens with zero attached hydrogens (tertiary/aromatic N) is 1. The van der Waals surface area contributed by atoms with Crippen molar-refractivity contribution in [3.05, 3.63) is 24.3 Å². The Morgan fingerprint density at radius 2 is 2.12 bits per heavy atom. The van der Waals surface area contributed by atoms with Gasteiger partial charge in [0.15, 0.2) is 0 Å². The SMILES string of the molecule is CCCOc1ccc(NC2=NCCC2)cc1. The molecule has 1 heterocycles. The summed E-state index contributed by atoms with van der Waals surface area (Å²) in [6, 6.07) is 8.05. The molecule has 3 nitrogen and oxygen atoms in total. The molecule has 1 aliphatic heterocycles. The van der Waals surface area contributed by atoms with E-state index in [0.29, 0.717) is 0 Å². The number of ether oxygens (including phenoxy) is 1. The van der Waals surface area contributed by atoms with Crippen molar-refractivity contribution in [2.45, 2.75) is 26.2 Å². The summed E-state index contributed by atoms with van der Waals surface area (Å²) >= 11 is 0. The Kier molecular flexibility index (Phi) is 3.81. The summed E-state index contributed by atoms with van der Waals surface area (Å²) in [5, 5.41) is 3.32. The molecule has 2 rings (SSSR count). The minimum Gasteiger partial charge on any atom is -0.494 e. The summed E-state index contributed by atoms with van der Waals surface area (Å²) in [5.74, 6) is 2.03. The maximum absolute atomic E-state index is 5.52. The van der Waals surface area contributed by atoms with Gasteiger partial charge in [-0.1, -0.05) is 6.92 Å². The van der Waals surface area contributed by atoms with Gasteiger partial charge < -0.3 is 10.1 Å². The molecule has 1 N–H and O–H groups in total. The second kappa shape index (κ2) is 5.54. The van der Waals surface area contributed by atoms with Gasteiger partial charge in [0.1, 0.15) is 11.6 Å². The van der Waals surface area contributed by atoms with Crippen LogP contribution in [0.4, 0.5) is 5.69 Å². The van der Waals surface area contributed by atoms with Gasteiger partial charge in [-0.05, 0) is 37.1 Å². The van der Waals surface area contributed by atoms with Crippen LogP contribution in [0.25, 0.3) is 0 Å². The third-order valence-electron chi connectivity index (χ3n) is 2.49. The summed E-state index contributed by atoms with van der Waals surface area (Å²) in [7, 11) is 0. The monoisotopic (exact) mass is 218 g/mol. The van der Waals surface area contributed by atoms with Crippen LogP contribution in [0.2, 0.25) is 0 Å². The first-order valence-electron chi connectivity index (χ1n) is 5.91. The summed E-state index contributed by atoms with van der Waals surface area (Å²) in [5.41, 5.74) is 1.09.